The normalized spacial score (nSPS) is 13.3. The first kappa shape index (κ1) is 22.8. The number of aromatic nitrogens is 1. The molecule has 0 saturated carbocycles. The lowest BCUT2D eigenvalue weighted by Crippen LogP contribution is -2.53. The Labute approximate surface area is 176 Å². The summed E-state index contributed by atoms with van der Waals surface area (Å²) in [5.41, 5.74) is 7.76. The van der Waals surface area contributed by atoms with Gasteiger partial charge in [0.2, 0.25) is 11.8 Å². The largest absolute Gasteiger partial charge is 0.375 e. The number of carbonyl (C=O) groups excluding carboxylic acids is 2. The Morgan fingerprint density at radius 2 is 1.90 bits per heavy atom. The minimum atomic E-state index is -0.670. The van der Waals surface area contributed by atoms with Crippen LogP contribution in [0, 0.1) is 6.92 Å². The minimum Gasteiger partial charge on any atom is -0.375 e. The number of likely N-dealkylation sites (N-methyl/N-ethyl adjacent to an activating group) is 1. The maximum Gasteiger partial charge on any atom is 0.243 e. The third-order valence-corrected chi connectivity index (χ3v) is 5.96. The quantitative estimate of drug-likeness (QED) is 0.580. The van der Waals surface area contributed by atoms with Crippen molar-refractivity contribution >= 4 is 28.3 Å². The van der Waals surface area contributed by atoms with E-state index in [4.69, 9.17) is 5.73 Å². The monoisotopic (exact) mass is 417 g/mol. The molecule has 0 fully saturated rings. The molecule has 1 aromatic heterocycles. The van der Waals surface area contributed by atoms with Gasteiger partial charge in [0.05, 0.1) is 12.6 Å². The van der Waals surface area contributed by atoms with Gasteiger partial charge in [-0.15, -0.1) is 11.3 Å². The van der Waals surface area contributed by atoms with E-state index >= 15 is 0 Å². The molecule has 0 bridgehead atoms. The number of nitrogens with two attached hydrogens (primary N) is 1. The minimum absolute atomic E-state index is 0.169. The molecule has 0 radical (unpaired) electrons. The Morgan fingerprint density at radius 1 is 1.21 bits per heavy atom. The summed E-state index contributed by atoms with van der Waals surface area (Å²) in [6.07, 6.45) is 2.07. The average Bonchev–Trinajstić information content (AvgIpc) is 3.11. The molecule has 0 aliphatic heterocycles. The molecule has 0 aliphatic carbocycles. The molecular formula is C21H31N5O2S. The number of benzene rings is 1. The fourth-order valence-electron chi connectivity index (χ4n) is 2.89. The van der Waals surface area contributed by atoms with E-state index in [1.165, 1.54) is 11.3 Å². The van der Waals surface area contributed by atoms with Crippen LogP contribution >= 0.6 is 11.3 Å². The van der Waals surface area contributed by atoms with Crippen molar-refractivity contribution < 1.29 is 9.59 Å². The fourth-order valence-corrected chi connectivity index (χ4v) is 3.52. The molecule has 2 amide bonds. The maximum atomic E-state index is 12.9. The topological polar surface area (TPSA) is 100 Å². The smallest absolute Gasteiger partial charge is 0.243 e. The van der Waals surface area contributed by atoms with Crippen molar-refractivity contribution in [1.29, 1.82) is 0 Å². The molecule has 0 aliphatic rings. The molecule has 0 saturated heterocycles. The van der Waals surface area contributed by atoms with Crippen LogP contribution in [0.3, 0.4) is 0 Å². The van der Waals surface area contributed by atoms with Crippen LogP contribution in [-0.4, -0.2) is 46.9 Å². The van der Waals surface area contributed by atoms with Crippen LogP contribution in [-0.2, 0) is 22.6 Å². The highest BCUT2D eigenvalue weighted by atomic mass is 32.1. The number of anilines is 1. The van der Waals surface area contributed by atoms with E-state index in [9.17, 15) is 9.59 Å². The summed E-state index contributed by atoms with van der Waals surface area (Å²) in [4.78, 5) is 32.5. The van der Waals surface area contributed by atoms with Gasteiger partial charge in [0, 0.05) is 23.5 Å². The van der Waals surface area contributed by atoms with Crippen molar-refractivity contribution in [3.63, 3.8) is 0 Å². The van der Waals surface area contributed by atoms with Gasteiger partial charge in [-0.2, -0.15) is 0 Å². The van der Waals surface area contributed by atoms with Gasteiger partial charge in [0.15, 0.2) is 5.13 Å². The number of thiazole rings is 1. The second-order valence-corrected chi connectivity index (χ2v) is 8.66. The number of nitrogen functional groups attached to an aromatic ring is 1. The number of rotatable bonds is 9. The molecule has 7 nitrogen and oxygen atoms in total. The summed E-state index contributed by atoms with van der Waals surface area (Å²) < 4.78 is 0. The van der Waals surface area contributed by atoms with Crippen molar-refractivity contribution in [3.05, 3.63) is 46.5 Å². The van der Waals surface area contributed by atoms with Crippen molar-refractivity contribution in [1.82, 2.24) is 20.5 Å². The van der Waals surface area contributed by atoms with E-state index in [0.717, 1.165) is 16.0 Å². The fraction of sp³-hybridized carbons (Fsp3) is 0.476. The first-order chi connectivity index (χ1) is 13.7. The van der Waals surface area contributed by atoms with Crippen molar-refractivity contribution in [2.45, 2.75) is 58.8 Å². The molecule has 2 atom stereocenters. The van der Waals surface area contributed by atoms with E-state index in [1.807, 2.05) is 63.9 Å². The molecule has 29 heavy (non-hydrogen) atoms. The van der Waals surface area contributed by atoms with Gasteiger partial charge in [-0.1, -0.05) is 24.3 Å². The zero-order valence-corrected chi connectivity index (χ0v) is 18.5. The van der Waals surface area contributed by atoms with Crippen LogP contribution in [0.25, 0.3) is 0 Å². The van der Waals surface area contributed by atoms with Gasteiger partial charge in [-0.05, 0) is 45.9 Å². The van der Waals surface area contributed by atoms with Crippen molar-refractivity contribution in [2.75, 3.05) is 12.8 Å². The van der Waals surface area contributed by atoms with E-state index in [-0.39, 0.29) is 23.9 Å². The molecule has 1 heterocycles. The number of nitrogens with zero attached hydrogens (tertiary/aromatic N) is 2. The molecule has 0 spiro atoms. The number of carbonyl (C=O) groups is 2. The van der Waals surface area contributed by atoms with Gasteiger partial charge >= 0.3 is 0 Å². The number of hydrogen-bond acceptors (Lipinski definition) is 6. The highest BCUT2D eigenvalue weighted by Crippen LogP contribution is 2.14. The standard InChI is InChI=1S/C21H31N5O2S/c1-13(2)26(5)15(4)19(27)25-18(10-16-9-7-6-8-14(16)3)20(28)23-11-17-12-24-21(22)29-17/h6-9,12-13,15,18H,10-11H2,1-5H3,(H2,22,24)(H,23,28)(H,25,27)/t15-,18-/m0/s1. The maximum absolute atomic E-state index is 12.9. The van der Waals surface area contributed by atoms with Crippen LogP contribution in [0.2, 0.25) is 0 Å². The van der Waals surface area contributed by atoms with E-state index in [1.54, 1.807) is 6.20 Å². The summed E-state index contributed by atoms with van der Waals surface area (Å²) in [6, 6.07) is 7.09. The zero-order valence-electron chi connectivity index (χ0n) is 17.7. The predicted molar refractivity (Wildman–Crippen MR) is 118 cm³/mol. The van der Waals surface area contributed by atoms with Crippen LogP contribution < -0.4 is 16.4 Å². The van der Waals surface area contributed by atoms with Crippen molar-refractivity contribution in [3.8, 4) is 0 Å². The average molecular weight is 418 g/mol. The summed E-state index contributed by atoms with van der Waals surface area (Å²) in [5, 5.41) is 6.30. The molecular weight excluding hydrogens is 386 g/mol. The van der Waals surface area contributed by atoms with E-state index in [2.05, 4.69) is 15.6 Å². The summed E-state index contributed by atoms with van der Waals surface area (Å²) >= 11 is 1.33. The van der Waals surface area contributed by atoms with Gasteiger partial charge in [-0.3, -0.25) is 14.5 Å². The van der Waals surface area contributed by atoms with Gasteiger partial charge < -0.3 is 16.4 Å². The molecule has 8 heteroatoms. The third-order valence-electron chi connectivity index (χ3n) is 5.13. The van der Waals surface area contributed by atoms with E-state index < -0.39 is 6.04 Å². The van der Waals surface area contributed by atoms with Gasteiger partial charge in [-0.25, -0.2) is 4.98 Å². The molecule has 2 aromatic rings. The first-order valence-electron chi connectivity index (χ1n) is 9.73. The molecule has 0 unspecified atom stereocenters. The molecule has 158 valence electrons. The zero-order chi connectivity index (χ0) is 21.6. The lowest BCUT2D eigenvalue weighted by molar-refractivity contribution is -0.131. The lowest BCUT2D eigenvalue weighted by atomic mass is 10.00. The molecule has 4 N–H and O–H groups in total. The van der Waals surface area contributed by atoms with Crippen LogP contribution in [0.4, 0.5) is 5.13 Å². The third kappa shape index (κ3) is 6.54. The Balaban J connectivity index is 2.12. The Hall–Kier alpha value is -2.45. The van der Waals surface area contributed by atoms with Crippen LogP contribution in [0.15, 0.2) is 30.5 Å². The lowest BCUT2D eigenvalue weighted by Gasteiger charge is -2.29. The second kappa shape index (κ2) is 10.4. The molecule has 1 aromatic carbocycles. The Morgan fingerprint density at radius 3 is 2.48 bits per heavy atom. The highest BCUT2D eigenvalue weighted by Gasteiger charge is 2.26. The van der Waals surface area contributed by atoms with Gasteiger partial charge in [0.1, 0.15) is 6.04 Å². The highest BCUT2D eigenvalue weighted by molar-refractivity contribution is 7.15. The van der Waals surface area contributed by atoms with E-state index in [0.29, 0.717) is 18.1 Å². The number of nitrogens with one attached hydrogen (secondary N) is 2. The SMILES string of the molecule is Cc1ccccc1C[C@H](NC(=O)[C@H](C)N(C)C(C)C)C(=O)NCc1cnc(N)s1. The summed E-state index contributed by atoms with van der Waals surface area (Å²) in [7, 11) is 1.90. The summed E-state index contributed by atoms with van der Waals surface area (Å²) in [5.74, 6) is -0.398. The second-order valence-electron chi connectivity index (χ2n) is 7.51. The van der Waals surface area contributed by atoms with Crippen LogP contribution in [0.1, 0.15) is 36.8 Å². The van der Waals surface area contributed by atoms with Gasteiger partial charge in [0.25, 0.3) is 0 Å². The Kier molecular flexibility index (Phi) is 8.16. The summed E-state index contributed by atoms with van der Waals surface area (Å²) in [6.45, 7) is 8.24. The number of hydrogen-bond donors (Lipinski definition) is 3. The van der Waals surface area contributed by atoms with Crippen molar-refractivity contribution in [2.24, 2.45) is 0 Å². The van der Waals surface area contributed by atoms with Crippen LogP contribution in [0.5, 0.6) is 0 Å². The number of amides is 2. The predicted octanol–water partition coefficient (Wildman–Crippen LogP) is 2.11. The number of aryl methyl sites for hydroxylation is 1. The molecule has 2 rings (SSSR count). The first-order valence-corrected chi connectivity index (χ1v) is 10.6. The Bertz CT molecular complexity index is 836.